The number of nitrogens with one attached hydrogen (secondary N) is 1. The molecule has 0 radical (unpaired) electrons. The van der Waals surface area contributed by atoms with Crippen LogP contribution in [0.1, 0.15) is 30.6 Å². The Morgan fingerprint density at radius 2 is 1.78 bits per heavy atom. The van der Waals surface area contributed by atoms with Gasteiger partial charge in [0.1, 0.15) is 6.54 Å². The fourth-order valence-corrected chi connectivity index (χ4v) is 2.69. The van der Waals surface area contributed by atoms with E-state index >= 15 is 0 Å². The number of nitrogens with zero attached hydrogens (tertiary/aromatic N) is 1. The fraction of sp³-hybridized carbons (Fsp3) is 0.467. The molecule has 0 saturated carbocycles. The van der Waals surface area contributed by atoms with Crippen LogP contribution in [0.15, 0.2) is 24.3 Å². The Labute approximate surface area is 136 Å². The van der Waals surface area contributed by atoms with E-state index in [2.05, 4.69) is 5.32 Å². The SMILES string of the molecule is CCCNC(=O)CN(c1ccc(C(=O)OCC)cc1)S(C)(=O)=O. The molecule has 0 aliphatic carbocycles. The fourth-order valence-electron chi connectivity index (χ4n) is 1.83. The molecule has 8 heteroatoms. The first kappa shape index (κ1) is 19.0. The summed E-state index contributed by atoms with van der Waals surface area (Å²) in [6, 6.07) is 5.88. The summed E-state index contributed by atoms with van der Waals surface area (Å²) in [6.07, 6.45) is 1.79. The van der Waals surface area contributed by atoms with Gasteiger partial charge in [-0.2, -0.15) is 0 Å². The van der Waals surface area contributed by atoms with E-state index in [-0.39, 0.29) is 19.1 Å². The van der Waals surface area contributed by atoms with E-state index < -0.39 is 16.0 Å². The van der Waals surface area contributed by atoms with E-state index in [4.69, 9.17) is 4.74 Å². The summed E-state index contributed by atoms with van der Waals surface area (Å²) in [4.78, 5) is 23.4. The number of esters is 1. The lowest BCUT2D eigenvalue weighted by atomic mass is 10.2. The third kappa shape index (κ3) is 5.90. The van der Waals surface area contributed by atoms with Crippen LogP contribution in [-0.4, -0.2) is 46.2 Å². The summed E-state index contributed by atoms with van der Waals surface area (Å²) in [7, 11) is -3.63. The topological polar surface area (TPSA) is 92.8 Å². The number of anilines is 1. The molecule has 0 aromatic heterocycles. The van der Waals surface area contributed by atoms with Crippen molar-refractivity contribution in [2.45, 2.75) is 20.3 Å². The van der Waals surface area contributed by atoms with Gasteiger partial charge < -0.3 is 10.1 Å². The Morgan fingerprint density at radius 3 is 2.26 bits per heavy atom. The molecule has 0 aliphatic heterocycles. The second kappa shape index (κ2) is 8.52. The van der Waals surface area contributed by atoms with Crippen LogP contribution in [0.3, 0.4) is 0 Å². The summed E-state index contributed by atoms with van der Waals surface area (Å²) in [5, 5.41) is 2.63. The third-order valence-corrected chi connectivity index (χ3v) is 4.07. The summed E-state index contributed by atoms with van der Waals surface area (Å²) in [5.74, 6) is -0.864. The normalized spacial score (nSPS) is 10.9. The maximum absolute atomic E-state index is 11.9. The molecule has 1 aromatic rings. The zero-order chi connectivity index (χ0) is 17.5. The number of carbonyl (C=O) groups excluding carboxylic acids is 2. The summed E-state index contributed by atoms with van der Waals surface area (Å²) in [5.41, 5.74) is 0.631. The lowest BCUT2D eigenvalue weighted by Gasteiger charge is -2.22. The van der Waals surface area contributed by atoms with Crippen LogP contribution >= 0.6 is 0 Å². The van der Waals surface area contributed by atoms with Gasteiger partial charge in [0.25, 0.3) is 0 Å². The number of carbonyl (C=O) groups is 2. The van der Waals surface area contributed by atoms with Crippen molar-refractivity contribution < 1.29 is 22.7 Å². The first-order chi connectivity index (χ1) is 10.8. The lowest BCUT2D eigenvalue weighted by Crippen LogP contribution is -2.40. The van der Waals surface area contributed by atoms with Crippen LogP contribution in [0.25, 0.3) is 0 Å². The van der Waals surface area contributed by atoms with Crippen molar-refractivity contribution in [3.63, 3.8) is 0 Å². The maximum Gasteiger partial charge on any atom is 0.338 e. The van der Waals surface area contributed by atoms with E-state index in [0.29, 0.717) is 17.8 Å². The van der Waals surface area contributed by atoms with Crippen molar-refractivity contribution >= 4 is 27.6 Å². The van der Waals surface area contributed by atoms with Gasteiger partial charge in [0.2, 0.25) is 15.9 Å². The number of rotatable bonds is 8. The molecule has 23 heavy (non-hydrogen) atoms. The number of hydrogen-bond acceptors (Lipinski definition) is 5. The van der Waals surface area contributed by atoms with E-state index in [0.717, 1.165) is 17.0 Å². The Bertz CT molecular complexity index is 640. The van der Waals surface area contributed by atoms with Crippen molar-refractivity contribution in [2.75, 3.05) is 30.3 Å². The van der Waals surface area contributed by atoms with Gasteiger partial charge in [0.05, 0.1) is 24.1 Å². The lowest BCUT2D eigenvalue weighted by molar-refractivity contribution is -0.119. The summed E-state index contributed by atoms with van der Waals surface area (Å²) < 4.78 is 29.7. The second-order valence-electron chi connectivity index (χ2n) is 4.89. The molecule has 128 valence electrons. The molecule has 0 heterocycles. The molecule has 0 bridgehead atoms. The number of benzene rings is 1. The van der Waals surface area contributed by atoms with Gasteiger partial charge >= 0.3 is 5.97 Å². The van der Waals surface area contributed by atoms with Crippen molar-refractivity contribution in [3.8, 4) is 0 Å². The van der Waals surface area contributed by atoms with Crippen molar-refractivity contribution in [3.05, 3.63) is 29.8 Å². The monoisotopic (exact) mass is 342 g/mol. The zero-order valence-electron chi connectivity index (χ0n) is 13.5. The molecule has 7 nitrogen and oxygen atoms in total. The molecule has 1 N–H and O–H groups in total. The average molecular weight is 342 g/mol. The van der Waals surface area contributed by atoms with Crippen molar-refractivity contribution in [2.24, 2.45) is 0 Å². The van der Waals surface area contributed by atoms with Crippen LogP contribution in [0.4, 0.5) is 5.69 Å². The van der Waals surface area contributed by atoms with Crippen LogP contribution in [0.2, 0.25) is 0 Å². The highest BCUT2D eigenvalue weighted by Crippen LogP contribution is 2.18. The van der Waals surface area contributed by atoms with Crippen molar-refractivity contribution in [1.29, 1.82) is 0 Å². The van der Waals surface area contributed by atoms with Crippen LogP contribution < -0.4 is 9.62 Å². The van der Waals surface area contributed by atoms with Gasteiger partial charge in [-0.3, -0.25) is 9.10 Å². The predicted molar refractivity (Wildman–Crippen MR) is 87.9 cm³/mol. The molecule has 0 spiro atoms. The number of sulfonamides is 1. The van der Waals surface area contributed by atoms with E-state index in [1.54, 1.807) is 6.92 Å². The number of amides is 1. The Morgan fingerprint density at radius 1 is 1.17 bits per heavy atom. The average Bonchev–Trinajstić information content (AvgIpc) is 2.50. The minimum absolute atomic E-state index is 0.258. The molecular formula is C15H22N2O5S. The molecule has 1 amide bonds. The third-order valence-electron chi connectivity index (χ3n) is 2.93. The molecule has 1 rings (SSSR count). The van der Waals surface area contributed by atoms with Gasteiger partial charge in [-0.1, -0.05) is 6.92 Å². The number of hydrogen-bond donors (Lipinski definition) is 1. The van der Waals surface area contributed by atoms with Gasteiger partial charge in [-0.15, -0.1) is 0 Å². The van der Waals surface area contributed by atoms with E-state index in [1.165, 1.54) is 24.3 Å². The molecule has 0 unspecified atom stereocenters. The number of ether oxygens (including phenoxy) is 1. The smallest absolute Gasteiger partial charge is 0.338 e. The highest BCUT2D eigenvalue weighted by atomic mass is 32.2. The molecule has 0 saturated heterocycles. The van der Waals surface area contributed by atoms with Crippen molar-refractivity contribution in [1.82, 2.24) is 5.32 Å². The molecule has 0 fully saturated rings. The highest BCUT2D eigenvalue weighted by Gasteiger charge is 2.21. The molecule has 1 aromatic carbocycles. The molecule has 0 aliphatic rings. The minimum atomic E-state index is -3.63. The standard InChI is InChI=1S/C15H22N2O5S/c1-4-10-16-14(18)11-17(23(3,20)21)13-8-6-12(7-9-13)15(19)22-5-2/h6-9H,4-5,10-11H2,1-3H3,(H,16,18). The van der Waals surface area contributed by atoms with Crippen LogP contribution in [0.5, 0.6) is 0 Å². The van der Waals surface area contributed by atoms with Gasteiger partial charge in [-0.25, -0.2) is 13.2 Å². The Kier molecular flexibility index (Phi) is 7.02. The predicted octanol–water partition coefficient (Wildman–Crippen LogP) is 1.16. The second-order valence-corrected chi connectivity index (χ2v) is 6.79. The quantitative estimate of drug-likeness (QED) is 0.716. The van der Waals surface area contributed by atoms with Gasteiger partial charge in [0.15, 0.2) is 0 Å². The van der Waals surface area contributed by atoms with Crippen LogP contribution in [0, 0.1) is 0 Å². The summed E-state index contributed by atoms with van der Waals surface area (Å²) in [6.45, 7) is 4.04. The maximum atomic E-state index is 11.9. The van der Waals surface area contributed by atoms with Gasteiger partial charge in [-0.05, 0) is 37.6 Å². The first-order valence-electron chi connectivity index (χ1n) is 7.31. The summed E-state index contributed by atoms with van der Waals surface area (Å²) >= 11 is 0. The largest absolute Gasteiger partial charge is 0.462 e. The van der Waals surface area contributed by atoms with E-state index in [9.17, 15) is 18.0 Å². The zero-order valence-corrected chi connectivity index (χ0v) is 14.4. The van der Waals surface area contributed by atoms with Crippen LogP contribution in [-0.2, 0) is 19.6 Å². The Hall–Kier alpha value is -2.09. The highest BCUT2D eigenvalue weighted by molar-refractivity contribution is 7.92. The molecular weight excluding hydrogens is 320 g/mol. The molecule has 0 atom stereocenters. The van der Waals surface area contributed by atoms with E-state index in [1.807, 2.05) is 6.92 Å². The minimum Gasteiger partial charge on any atom is -0.462 e. The first-order valence-corrected chi connectivity index (χ1v) is 9.16. The van der Waals surface area contributed by atoms with Gasteiger partial charge in [0, 0.05) is 6.54 Å². The Balaban J connectivity index is 2.96.